The topological polar surface area (TPSA) is 128 Å². The average Bonchev–Trinajstić information content (AvgIpc) is 2.87. The Hall–Kier alpha value is -4.46. The molecule has 0 saturated heterocycles. The van der Waals surface area contributed by atoms with E-state index in [-0.39, 0.29) is 25.0 Å². The molecule has 206 valence electrons. The summed E-state index contributed by atoms with van der Waals surface area (Å²) < 4.78 is 21.2. The smallest absolute Gasteiger partial charge is 0.307 e. The lowest BCUT2D eigenvalue weighted by Gasteiger charge is -2.14. The predicted octanol–water partition coefficient (Wildman–Crippen LogP) is 5.39. The molecule has 3 rings (SSSR count). The Labute approximate surface area is 229 Å². The average molecular weight is 534 g/mol. The van der Waals surface area contributed by atoms with Gasteiger partial charge in [-0.05, 0) is 52.4 Å². The van der Waals surface area contributed by atoms with Crippen LogP contribution in [0.25, 0.3) is 16.7 Å². The van der Waals surface area contributed by atoms with Crippen LogP contribution in [0.4, 0.5) is 4.39 Å². The van der Waals surface area contributed by atoms with E-state index in [1.54, 1.807) is 61.8 Å². The minimum Gasteiger partial charge on any atom is -0.489 e. The van der Waals surface area contributed by atoms with Crippen molar-refractivity contribution in [1.29, 1.82) is 0 Å². The normalized spacial score (nSPS) is 11.3. The molecule has 0 aliphatic rings. The second kappa shape index (κ2) is 15.1. The van der Waals surface area contributed by atoms with Crippen LogP contribution in [-0.4, -0.2) is 30.2 Å². The molecule has 39 heavy (non-hydrogen) atoms. The molecule has 0 spiro atoms. The van der Waals surface area contributed by atoms with Gasteiger partial charge in [0, 0.05) is 36.2 Å². The van der Waals surface area contributed by atoms with Gasteiger partial charge in [-0.1, -0.05) is 57.2 Å². The summed E-state index contributed by atoms with van der Waals surface area (Å²) in [6, 6.07) is 17.1. The number of ether oxygens (including phenoxy) is 1. The molecule has 0 radical (unpaired) electrons. The highest BCUT2D eigenvalue weighted by Crippen LogP contribution is 2.30. The van der Waals surface area contributed by atoms with Gasteiger partial charge in [0.15, 0.2) is 0 Å². The Morgan fingerprint density at radius 3 is 2.31 bits per heavy atom. The van der Waals surface area contributed by atoms with Gasteiger partial charge < -0.3 is 21.3 Å². The van der Waals surface area contributed by atoms with Gasteiger partial charge in [0.2, 0.25) is 5.91 Å². The molecule has 0 saturated carbocycles. The van der Waals surface area contributed by atoms with Gasteiger partial charge in [-0.15, -0.1) is 0 Å². The molecule has 5 N–H and O–H groups in total. The summed E-state index contributed by atoms with van der Waals surface area (Å²) in [7, 11) is 1.61. The van der Waals surface area contributed by atoms with Crippen molar-refractivity contribution in [2.24, 2.45) is 22.4 Å². The molecule has 0 unspecified atom stereocenters. The molecule has 0 atom stereocenters. The van der Waals surface area contributed by atoms with E-state index in [1.807, 2.05) is 6.07 Å². The van der Waals surface area contributed by atoms with Crippen molar-refractivity contribution < 1.29 is 23.8 Å². The van der Waals surface area contributed by atoms with E-state index in [0.29, 0.717) is 39.1 Å². The van der Waals surface area contributed by atoms with Crippen molar-refractivity contribution in [1.82, 2.24) is 0 Å². The predicted molar refractivity (Wildman–Crippen MR) is 154 cm³/mol. The van der Waals surface area contributed by atoms with Crippen LogP contribution in [0.5, 0.6) is 5.75 Å². The van der Waals surface area contributed by atoms with E-state index >= 15 is 4.39 Å². The fourth-order valence-electron chi connectivity index (χ4n) is 3.69. The quantitative estimate of drug-likeness (QED) is 0.301. The van der Waals surface area contributed by atoms with Gasteiger partial charge in [0.05, 0.1) is 12.8 Å². The number of carbonyl (C=O) groups excluding carboxylic acids is 1. The van der Waals surface area contributed by atoms with Crippen LogP contribution in [0.3, 0.4) is 0 Å². The molecule has 0 bridgehead atoms. The molecular formula is C31H36FN3O4. The number of nitrogens with two attached hydrogens (primary N) is 2. The number of hydrogen-bond donors (Lipinski definition) is 3. The monoisotopic (exact) mass is 533 g/mol. The van der Waals surface area contributed by atoms with Crippen molar-refractivity contribution in [2.45, 2.75) is 40.2 Å². The first kappa shape index (κ1) is 30.8. The third kappa shape index (κ3) is 9.74. The van der Waals surface area contributed by atoms with Crippen molar-refractivity contribution in [2.75, 3.05) is 7.05 Å². The van der Waals surface area contributed by atoms with Gasteiger partial charge in [0.1, 0.15) is 18.2 Å². The van der Waals surface area contributed by atoms with E-state index in [9.17, 15) is 9.59 Å². The van der Waals surface area contributed by atoms with Crippen molar-refractivity contribution in [3.8, 4) is 16.9 Å². The van der Waals surface area contributed by atoms with Crippen LogP contribution < -0.4 is 16.2 Å². The summed E-state index contributed by atoms with van der Waals surface area (Å²) in [5.41, 5.74) is 14.7. The molecule has 8 heteroatoms. The first-order chi connectivity index (χ1) is 18.5. The third-order valence-electron chi connectivity index (χ3n) is 5.24. The van der Waals surface area contributed by atoms with Gasteiger partial charge in [-0.3, -0.25) is 14.6 Å². The second-order valence-electron chi connectivity index (χ2n) is 9.55. The highest BCUT2D eigenvalue weighted by atomic mass is 19.1. The Balaban J connectivity index is 0.00000124. The molecular weight excluding hydrogens is 497 g/mol. The first-order valence-corrected chi connectivity index (χ1v) is 12.5. The van der Waals surface area contributed by atoms with Crippen molar-refractivity contribution in [3.63, 3.8) is 0 Å². The highest BCUT2D eigenvalue weighted by Gasteiger charge is 2.15. The zero-order valence-electron chi connectivity index (χ0n) is 22.8. The van der Waals surface area contributed by atoms with Crippen molar-refractivity contribution >= 4 is 23.7 Å². The largest absolute Gasteiger partial charge is 0.489 e. The number of aliphatic imine (C=N–C) groups is 1. The van der Waals surface area contributed by atoms with Crippen LogP contribution in [0.2, 0.25) is 0 Å². The Morgan fingerprint density at radius 1 is 1.03 bits per heavy atom. The number of allylic oxidation sites excluding steroid dienone is 1. The van der Waals surface area contributed by atoms with Gasteiger partial charge in [-0.2, -0.15) is 0 Å². The molecule has 0 fully saturated rings. The minimum absolute atomic E-state index is 0.0984. The molecule has 0 heterocycles. The molecule has 1 amide bonds. The standard InChI is InChI=1S/C27H26FN3O4.C4H10/c1-31-15-22(14-29)20-9-17(16-35-24-8-3-2-5-18(24)13-26(33)34)10-21(11-20)23-7-4-6-19(27(23)28)12-25(30)32;1-4(2)3/h2-11,14-15H,12-13,16,29H2,1H3,(H2,30,32)(H,33,34);4H,1-3H3/b22-14+,31-15?;. The number of carboxylic acid groups (broad SMARTS) is 1. The lowest BCUT2D eigenvalue weighted by molar-refractivity contribution is -0.136. The number of hydrogen-bond acceptors (Lipinski definition) is 5. The number of aliphatic carboxylic acids is 1. The van der Waals surface area contributed by atoms with Crippen LogP contribution in [0, 0.1) is 11.7 Å². The lowest BCUT2D eigenvalue weighted by atomic mass is 9.95. The maximum atomic E-state index is 15.3. The number of amides is 1. The van der Waals surface area contributed by atoms with Gasteiger partial charge in [-0.25, -0.2) is 4.39 Å². The van der Waals surface area contributed by atoms with E-state index in [0.717, 1.165) is 5.92 Å². The van der Waals surface area contributed by atoms with Gasteiger partial charge >= 0.3 is 5.97 Å². The number of primary amides is 1. The summed E-state index contributed by atoms with van der Waals surface area (Å²) in [5.74, 6) is -0.851. The summed E-state index contributed by atoms with van der Waals surface area (Å²) in [4.78, 5) is 26.6. The van der Waals surface area contributed by atoms with Crippen LogP contribution >= 0.6 is 0 Å². The molecule has 3 aromatic rings. The summed E-state index contributed by atoms with van der Waals surface area (Å²) in [6.07, 6.45) is 2.60. The van der Waals surface area contributed by atoms with E-state index < -0.39 is 17.7 Å². The number of carboxylic acids is 1. The number of rotatable bonds is 10. The number of para-hydroxylation sites is 1. The molecule has 7 nitrogen and oxygen atoms in total. The fourth-order valence-corrected chi connectivity index (χ4v) is 3.69. The molecule has 3 aromatic carbocycles. The second-order valence-corrected chi connectivity index (χ2v) is 9.55. The van der Waals surface area contributed by atoms with Crippen LogP contribution in [-0.2, 0) is 29.0 Å². The Kier molecular flexibility index (Phi) is 11.9. The first-order valence-electron chi connectivity index (χ1n) is 12.5. The Morgan fingerprint density at radius 2 is 1.69 bits per heavy atom. The van der Waals surface area contributed by atoms with E-state index in [4.69, 9.17) is 21.3 Å². The van der Waals surface area contributed by atoms with Crippen LogP contribution in [0.15, 0.2) is 71.9 Å². The minimum atomic E-state index is -0.965. The third-order valence-corrected chi connectivity index (χ3v) is 5.24. The Bertz CT molecular complexity index is 1350. The van der Waals surface area contributed by atoms with Crippen LogP contribution in [0.1, 0.15) is 43.0 Å². The number of carbonyl (C=O) groups is 2. The maximum Gasteiger partial charge on any atom is 0.307 e. The lowest BCUT2D eigenvalue weighted by Crippen LogP contribution is -2.14. The van der Waals surface area contributed by atoms with Crippen molar-refractivity contribution in [3.05, 3.63) is 94.9 Å². The number of nitrogens with zero attached hydrogens (tertiary/aromatic N) is 1. The number of halogens is 1. The maximum absolute atomic E-state index is 15.3. The van der Waals surface area contributed by atoms with E-state index in [2.05, 4.69) is 25.8 Å². The molecule has 0 aliphatic heterocycles. The fraction of sp³-hybridized carbons (Fsp3) is 0.258. The molecule has 0 aromatic heterocycles. The molecule has 0 aliphatic carbocycles. The highest BCUT2D eigenvalue weighted by molar-refractivity contribution is 6.10. The summed E-state index contributed by atoms with van der Waals surface area (Å²) >= 11 is 0. The van der Waals surface area contributed by atoms with Gasteiger partial charge in [0.25, 0.3) is 0 Å². The summed E-state index contributed by atoms with van der Waals surface area (Å²) in [6.45, 7) is 6.60. The summed E-state index contributed by atoms with van der Waals surface area (Å²) in [5, 5.41) is 9.17. The number of benzene rings is 3. The zero-order chi connectivity index (χ0) is 28.9. The zero-order valence-corrected chi connectivity index (χ0v) is 22.8. The SMILES string of the molecule is CC(C)C.CN=C/C(=C\N)c1cc(COc2ccccc2CC(=O)O)cc(-c2cccc(CC(N)=O)c2F)c1. The van der Waals surface area contributed by atoms with E-state index in [1.165, 1.54) is 12.3 Å².